The summed E-state index contributed by atoms with van der Waals surface area (Å²) in [5, 5.41) is 4.33. The maximum absolute atomic E-state index is 3.01. The van der Waals surface area contributed by atoms with Crippen LogP contribution in [0.2, 0.25) is 0 Å². The Kier molecular flexibility index (Phi) is 4.10. The largest absolute Gasteiger partial charge is 0.109 e. The van der Waals surface area contributed by atoms with E-state index in [9.17, 15) is 0 Å². The zero-order valence-electron chi connectivity index (χ0n) is 8.57. The van der Waals surface area contributed by atoms with E-state index in [1.54, 1.807) is 5.30 Å². The molecule has 4 atom stereocenters. The molecule has 0 heterocycles. The van der Waals surface area contributed by atoms with Crippen LogP contribution >= 0.6 is 33.1 Å². The lowest BCUT2D eigenvalue weighted by molar-refractivity contribution is 1.55. The summed E-state index contributed by atoms with van der Waals surface area (Å²) in [5.41, 5.74) is 1.42. The highest BCUT2D eigenvalue weighted by atomic mass is 32.6. The average molecular weight is 270 g/mol. The second kappa shape index (κ2) is 5.17. The molecule has 0 amide bonds. The number of hydrogen-bond donors (Lipinski definition) is 0. The van der Waals surface area contributed by atoms with E-state index < -0.39 is 0 Å². The second-order valence-corrected chi connectivity index (χ2v) is 12.5. The van der Waals surface area contributed by atoms with Crippen LogP contribution in [0.25, 0.3) is 10.8 Å². The van der Waals surface area contributed by atoms with Gasteiger partial charge in [-0.2, -0.15) is 0 Å². The minimum Gasteiger partial charge on any atom is -0.109 e. The van der Waals surface area contributed by atoms with Gasteiger partial charge in [0.25, 0.3) is 0 Å². The molecule has 0 aromatic heterocycles. The molecule has 0 fully saturated rings. The first-order chi connectivity index (χ1) is 7.24. The Hall–Kier alpha value is 0.420. The fourth-order valence-electron chi connectivity index (χ4n) is 1.75. The number of rotatable bonds is 2. The van der Waals surface area contributed by atoms with Crippen molar-refractivity contribution in [2.75, 3.05) is 0 Å². The number of hydrogen-bond acceptors (Lipinski definition) is 0. The third kappa shape index (κ3) is 2.40. The predicted octanol–water partition coefficient (Wildman–Crippen LogP) is 4.43. The van der Waals surface area contributed by atoms with Crippen molar-refractivity contribution in [1.82, 2.24) is 0 Å². The molecule has 0 aliphatic rings. The molecule has 0 radical (unpaired) electrons. The van der Waals surface area contributed by atoms with E-state index in [-0.39, 0.29) is 7.30 Å². The van der Waals surface area contributed by atoms with E-state index in [1.165, 1.54) is 16.3 Å². The smallest absolute Gasteiger partial charge is 0.00508 e. The van der Waals surface area contributed by atoms with Gasteiger partial charge < -0.3 is 0 Å². The minimum atomic E-state index is -0.0867. The summed E-state index contributed by atoms with van der Waals surface area (Å²) in [5.74, 6) is 0. The molecular formula is C11H14P4. The summed E-state index contributed by atoms with van der Waals surface area (Å²) in [6, 6.07) is 13.1. The Morgan fingerprint density at radius 3 is 2.60 bits per heavy atom. The molecule has 0 spiro atoms. The molecule has 0 nitrogen and oxygen atoms in total. The average Bonchev–Trinajstić information content (AvgIpc) is 2.28. The van der Waals surface area contributed by atoms with Crippen LogP contribution in [-0.2, 0) is 0 Å². The normalized spacial score (nSPS) is 13.8. The highest BCUT2D eigenvalue weighted by Crippen LogP contribution is 2.65. The Balaban J connectivity index is 2.74. The molecule has 4 heteroatoms. The van der Waals surface area contributed by atoms with Gasteiger partial charge in [0.2, 0.25) is 0 Å². The maximum atomic E-state index is 3.01. The fourth-order valence-corrected chi connectivity index (χ4v) is 6.26. The Bertz CT molecular complexity index is 481. The lowest BCUT2D eigenvalue weighted by Gasteiger charge is -2.15. The quantitative estimate of drug-likeness (QED) is 0.708. The molecule has 2 aromatic rings. The third-order valence-corrected chi connectivity index (χ3v) is 12.6. The molecule has 0 saturated carbocycles. The molecular weight excluding hydrogens is 256 g/mol. The molecule has 78 valence electrons. The summed E-state index contributed by atoms with van der Waals surface area (Å²) in [6.07, 6.45) is 0. The zero-order valence-corrected chi connectivity index (χ0v) is 12.8. The first-order valence-corrected chi connectivity index (χ1v) is 11.3. The van der Waals surface area contributed by atoms with Gasteiger partial charge in [-0.25, -0.2) is 0 Å². The van der Waals surface area contributed by atoms with E-state index >= 15 is 0 Å². The van der Waals surface area contributed by atoms with E-state index in [0.29, 0.717) is 0 Å². The lowest BCUT2D eigenvalue weighted by atomic mass is 10.1. The van der Waals surface area contributed by atoms with Gasteiger partial charge in [-0.15, -0.1) is 17.9 Å². The van der Waals surface area contributed by atoms with Crippen molar-refractivity contribution in [3.63, 3.8) is 0 Å². The van der Waals surface area contributed by atoms with E-state index in [2.05, 4.69) is 61.2 Å². The highest BCUT2D eigenvalue weighted by Gasteiger charge is 2.10. The maximum Gasteiger partial charge on any atom is -0.00508 e. The van der Waals surface area contributed by atoms with Gasteiger partial charge in [0.05, 0.1) is 0 Å². The van der Waals surface area contributed by atoms with Crippen LogP contribution in [0.1, 0.15) is 5.56 Å². The van der Waals surface area contributed by atoms with Crippen molar-refractivity contribution < 1.29 is 0 Å². The Morgan fingerprint density at radius 1 is 1.13 bits per heavy atom. The van der Waals surface area contributed by atoms with Crippen molar-refractivity contribution in [1.29, 1.82) is 0 Å². The highest BCUT2D eigenvalue weighted by molar-refractivity contribution is 8.63. The van der Waals surface area contributed by atoms with Crippen LogP contribution in [0.5, 0.6) is 0 Å². The van der Waals surface area contributed by atoms with Gasteiger partial charge in [-0.1, -0.05) is 44.4 Å². The van der Waals surface area contributed by atoms with Crippen LogP contribution < -0.4 is 5.30 Å². The van der Waals surface area contributed by atoms with Crippen LogP contribution in [0, 0.1) is 6.92 Å². The summed E-state index contributed by atoms with van der Waals surface area (Å²) >= 11 is 0. The van der Waals surface area contributed by atoms with Gasteiger partial charge >= 0.3 is 0 Å². The minimum absolute atomic E-state index is 0.0867. The zero-order chi connectivity index (χ0) is 10.8. The molecule has 2 aromatic carbocycles. The van der Waals surface area contributed by atoms with Crippen LogP contribution in [0.4, 0.5) is 0 Å². The van der Waals surface area contributed by atoms with Crippen molar-refractivity contribution in [3.05, 3.63) is 42.0 Å². The molecule has 2 rings (SSSR count). The Labute approximate surface area is 98.2 Å². The standard InChI is InChI=1S/C11H14P4/c1-8-6-7-9-4-2-3-5-10(9)11(8)15(13)14-12/h2-7,14H,12-13H2,1H3. The fraction of sp³-hybridized carbons (Fsp3) is 0.0909. The molecule has 4 unspecified atom stereocenters. The number of fused-ring (bicyclic) bond motifs is 1. The lowest BCUT2D eigenvalue weighted by Crippen LogP contribution is -2.02. The second-order valence-electron chi connectivity index (χ2n) is 3.45. The van der Waals surface area contributed by atoms with Gasteiger partial charge in [0, 0.05) is 0 Å². The van der Waals surface area contributed by atoms with Crippen LogP contribution in [0.3, 0.4) is 0 Å². The van der Waals surface area contributed by atoms with Crippen LogP contribution in [0.15, 0.2) is 36.4 Å². The summed E-state index contributed by atoms with van der Waals surface area (Å²) in [7, 11) is 6.71. The van der Waals surface area contributed by atoms with Crippen molar-refractivity contribution in [2.45, 2.75) is 6.92 Å². The molecule has 0 bridgehead atoms. The van der Waals surface area contributed by atoms with Crippen molar-refractivity contribution >= 4 is 49.2 Å². The third-order valence-electron chi connectivity index (χ3n) is 2.48. The molecule has 0 N–H and O–H groups in total. The molecule has 0 saturated heterocycles. The van der Waals surface area contributed by atoms with Crippen molar-refractivity contribution in [3.8, 4) is 0 Å². The van der Waals surface area contributed by atoms with E-state index in [1.807, 2.05) is 0 Å². The van der Waals surface area contributed by atoms with E-state index in [0.717, 1.165) is 7.96 Å². The summed E-state index contributed by atoms with van der Waals surface area (Å²) < 4.78 is 0. The Morgan fingerprint density at radius 2 is 1.87 bits per heavy atom. The van der Waals surface area contributed by atoms with Gasteiger partial charge in [0.1, 0.15) is 0 Å². The first kappa shape index (κ1) is 11.9. The topological polar surface area (TPSA) is 0 Å². The number of aryl methyl sites for hydroxylation is 1. The molecule has 0 aliphatic carbocycles. The summed E-state index contributed by atoms with van der Waals surface area (Å²) in [6.45, 7) is 2.21. The van der Waals surface area contributed by atoms with Gasteiger partial charge in [-0.3, -0.25) is 0 Å². The number of benzene rings is 2. The summed E-state index contributed by atoms with van der Waals surface area (Å²) in [4.78, 5) is 0. The van der Waals surface area contributed by atoms with E-state index in [4.69, 9.17) is 0 Å². The first-order valence-electron chi connectivity index (χ1n) is 4.73. The van der Waals surface area contributed by atoms with Gasteiger partial charge in [0.15, 0.2) is 0 Å². The van der Waals surface area contributed by atoms with Crippen molar-refractivity contribution in [2.24, 2.45) is 0 Å². The predicted molar refractivity (Wildman–Crippen MR) is 83.0 cm³/mol. The molecule has 15 heavy (non-hydrogen) atoms. The monoisotopic (exact) mass is 270 g/mol. The molecule has 0 aliphatic heterocycles. The van der Waals surface area contributed by atoms with Crippen LogP contribution in [-0.4, -0.2) is 0 Å². The SMILES string of the molecule is Cc1ccc2ccccc2c1P(P)PP. The van der Waals surface area contributed by atoms with Gasteiger partial charge in [-0.05, 0) is 35.9 Å².